The van der Waals surface area contributed by atoms with Crippen LogP contribution in [0, 0.1) is 6.92 Å². The van der Waals surface area contributed by atoms with E-state index in [4.69, 9.17) is 11.6 Å². The molecule has 0 unspecified atom stereocenters. The van der Waals surface area contributed by atoms with Gasteiger partial charge in [-0.3, -0.25) is 4.79 Å². The van der Waals surface area contributed by atoms with E-state index >= 15 is 0 Å². The lowest BCUT2D eigenvalue weighted by atomic mass is 10.1. The van der Waals surface area contributed by atoms with Crippen LogP contribution in [-0.4, -0.2) is 24.3 Å². The first kappa shape index (κ1) is 22.7. The maximum atomic E-state index is 12.9. The molecule has 2 aromatic carbocycles. The van der Waals surface area contributed by atoms with E-state index in [2.05, 4.69) is 15.3 Å². The van der Waals surface area contributed by atoms with Crippen molar-refractivity contribution in [3.63, 3.8) is 0 Å². The standard InChI is InChI=1S/C20H15ClF3N3O3S/c1-12-5-2-3-6-13(12)11-31(29,30)19-25-10-16(21)17(27-19)18(28)26-15-8-4-7-14(9-15)20(22,23)24/h2-10H,11H2,1H3,(H,26,28). The number of benzene rings is 2. The molecule has 0 fully saturated rings. The van der Waals surface area contributed by atoms with Gasteiger partial charge in [0.2, 0.25) is 15.0 Å². The number of sulfone groups is 1. The summed E-state index contributed by atoms with van der Waals surface area (Å²) in [6.45, 7) is 1.75. The van der Waals surface area contributed by atoms with Crippen LogP contribution in [0.2, 0.25) is 5.02 Å². The molecule has 1 heterocycles. The molecule has 0 spiro atoms. The van der Waals surface area contributed by atoms with Gasteiger partial charge in [-0.2, -0.15) is 13.2 Å². The van der Waals surface area contributed by atoms with Crippen LogP contribution in [0.25, 0.3) is 0 Å². The molecule has 3 rings (SSSR count). The molecule has 1 aromatic heterocycles. The molecule has 11 heteroatoms. The first-order valence-electron chi connectivity index (χ1n) is 8.76. The smallest absolute Gasteiger partial charge is 0.321 e. The van der Waals surface area contributed by atoms with Crippen molar-refractivity contribution in [2.75, 3.05) is 5.32 Å². The predicted octanol–water partition coefficient (Wildman–Crippen LogP) is 4.68. The second-order valence-electron chi connectivity index (χ2n) is 6.57. The average Bonchev–Trinajstić information content (AvgIpc) is 2.69. The maximum absolute atomic E-state index is 12.9. The van der Waals surface area contributed by atoms with Crippen molar-refractivity contribution in [3.8, 4) is 0 Å². The van der Waals surface area contributed by atoms with Gasteiger partial charge in [0, 0.05) is 5.69 Å². The quantitative estimate of drug-likeness (QED) is 0.548. The molecule has 0 aliphatic rings. The van der Waals surface area contributed by atoms with Crippen LogP contribution in [0.3, 0.4) is 0 Å². The number of carbonyl (C=O) groups is 1. The predicted molar refractivity (Wildman–Crippen MR) is 109 cm³/mol. The van der Waals surface area contributed by atoms with Crippen LogP contribution in [0.5, 0.6) is 0 Å². The number of rotatable bonds is 5. The molecular formula is C20H15ClF3N3O3S. The van der Waals surface area contributed by atoms with Crippen LogP contribution in [-0.2, 0) is 21.8 Å². The minimum Gasteiger partial charge on any atom is -0.321 e. The Kier molecular flexibility index (Phi) is 6.33. The average molecular weight is 470 g/mol. The molecular weight excluding hydrogens is 455 g/mol. The molecule has 0 saturated heterocycles. The number of aromatic nitrogens is 2. The molecule has 0 aliphatic heterocycles. The van der Waals surface area contributed by atoms with E-state index in [9.17, 15) is 26.4 Å². The van der Waals surface area contributed by atoms with Gasteiger partial charge >= 0.3 is 6.18 Å². The number of amides is 1. The van der Waals surface area contributed by atoms with Crippen LogP contribution >= 0.6 is 11.6 Å². The Labute approximate surface area is 181 Å². The fourth-order valence-electron chi connectivity index (χ4n) is 2.66. The number of anilines is 1. The zero-order valence-corrected chi connectivity index (χ0v) is 17.5. The lowest BCUT2D eigenvalue weighted by Crippen LogP contribution is -2.18. The number of alkyl halides is 3. The largest absolute Gasteiger partial charge is 0.416 e. The van der Waals surface area contributed by atoms with Gasteiger partial charge in [0.05, 0.1) is 22.5 Å². The summed E-state index contributed by atoms with van der Waals surface area (Å²) in [7, 11) is -4.02. The highest BCUT2D eigenvalue weighted by molar-refractivity contribution is 7.90. The van der Waals surface area contributed by atoms with E-state index in [0.717, 1.165) is 30.0 Å². The van der Waals surface area contributed by atoms with Crippen molar-refractivity contribution in [2.24, 2.45) is 0 Å². The summed E-state index contributed by atoms with van der Waals surface area (Å²) in [5.41, 5.74) is -0.296. The van der Waals surface area contributed by atoms with E-state index in [1.165, 1.54) is 6.07 Å². The molecule has 1 amide bonds. The van der Waals surface area contributed by atoms with Crippen LogP contribution < -0.4 is 5.32 Å². The lowest BCUT2D eigenvalue weighted by Gasteiger charge is -2.11. The third-order valence-electron chi connectivity index (χ3n) is 4.27. The molecule has 6 nitrogen and oxygen atoms in total. The van der Waals surface area contributed by atoms with Gasteiger partial charge in [-0.15, -0.1) is 0 Å². The summed E-state index contributed by atoms with van der Waals surface area (Å²) in [6, 6.07) is 10.8. The molecule has 162 valence electrons. The number of halogens is 4. The fourth-order valence-corrected chi connectivity index (χ4v) is 4.15. The molecule has 1 N–H and O–H groups in total. The van der Waals surface area contributed by atoms with E-state index in [-0.39, 0.29) is 10.7 Å². The zero-order valence-electron chi connectivity index (χ0n) is 15.9. The summed E-state index contributed by atoms with van der Waals surface area (Å²) in [6.07, 6.45) is -3.63. The summed E-state index contributed by atoms with van der Waals surface area (Å²) < 4.78 is 64.0. The topological polar surface area (TPSA) is 89.0 Å². The van der Waals surface area contributed by atoms with E-state index in [1.807, 2.05) is 0 Å². The Morgan fingerprint density at radius 2 is 1.84 bits per heavy atom. The number of nitrogens with zero attached hydrogens (tertiary/aromatic N) is 2. The first-order valence-corrected chi connectivity index (χ1v) is 10.8. The van der Waals surface area contributed by atoms with Gasteiger partial charge in [0.1, 0.15) is 0 Å². The van der Waals surface area contributed by atoms with Gasteiger partial charge < -0.3 is 5.32 Å². The molecule has 31 heavy (non-hydrogen) atoms. The Balaban J connectivity index is 1.89. The highest BCUT2D eigenvalue weighted by atomic mass is 35.5. The van der Waals surface area contributed by atoms with Crippen molar-refractivity contribution in [1.82, 2.24) is 9.97 Å². The molecule has 3 aromatic rings. The molecule has 0 radical (unpaired) electrons. The third-order valence-corrected chi connectivity index (χ3v) is 5.99. The monoisotopic (exact) mass is 469 g/mol. The van der Waals surface area contributed by atoms with Crippen molar-refractivity contribution < 1.29 is 26.4 Å². The SMILES string of the molecule is Cc1ccccc1CS(=O)(=O)c1ncc(Cl)c(C(=O)Nc2cccc(C(F)(F)F)c2)n1. The van der Waals surface area contributed by atoms with Gasteiger partial charge in [0.25, 0.3) is 5.91 Å². The number of carbonyl (C=O) groups excluding carboxylic acids is 1. The third kappa shape index (κ3) is 5.39. The molecule has 0 saturated carbocycles. The van der Waals surface area contributed by atoms with Crippen LogP contribution in [0.1, 0.15) is 27.2 Å². The van der Waals surface area contributed by atoms with Crippen molar-refractivity contribution >= 4 is 33.0 Å². The minimum absolute atomic E-state index is 0.154. The summed E-state index contributed by atoms with van der Waals surface area (Å²) in [5, 5.41) is 1.37. The second-order valence-corrected chi connectivity index (χ2v) is 8.86. The van der Waals surface area contributed by atoms with Gasteiger partial charge in [0.15, 0.2) is 5.69 Å². The maximum Gasteiger partial charge on any atom is 0.416 e. The second kappa shape index (κ2) is 8.64. The molecule has 0 atom stereocenters. The van der Waals surface area contributed by atoms with Crippen molar-refractivity contribution in [1.29, 1.82) is 0 Å². The Morgan fingerprint density at radius 3 is 2.52 bits per heavy atom. The van der Waals surface area contributed by atoms with E-state index in [0.29, 0.717) is 5.56 Å². The highest BCUT2D eigenvalue weighted by Crippen LogP contribution is 2.31. The lowest BCUT2D eigenvalue weighted by molar-refractivity contribution is -0.137. The molecule has 0 aliphatic carbocycles. The van der Waals surface area contributed by atoms with E-state index < -0.39 is 44.1 Å². The fraction of sp³-hybridized carbons (Fsp3) is 0.150. The van der Waals surface area contributed by atoms with Crippen molar-refractivity contribution in [3.05, 3.63) is 82.1 Å². The van der Waals surface area contributed by atoms with Gasteiger partial charge in [-0.05, 0) is 36.2 Å². The number of nitrogens with one attached hydrogen (secondary N) is 1. The summed E-state index contributed by atoms with van der Waals surface area (Å²) in [5.74, 6) is -1.37. The van der Waals surface area contributed by atoms with Crippen LogP contribution in [0.15, 0.2) is 59.9 Å². The zero-order chi connectivity index (χ0) is 22.8. The molecule has 0 bridgehead atoms. The number of hydrogen-bond acceptors (Lipinski definition) is 5. The Hall–Kier alpha value is -2.98. The van der Waals surface area contributed by atoms with Gasteiger partial charge in [-0.1, -0.05) is 41.9 Å². The summed E-state index contributed by atoms with van der Waals surface area (Å²) in [4.78, 5) is 20.0. The van der Waals surface area contributed by atoms with E-state index in [1.54, 1.807) is 31.2 Å². The Bertz CT molecular complexity index is 1250. The summed E-state index contributed by atoms with van der Waals surface area (Å²) >= 11 is 5.94. The highest BCUT2D eigenvalue weighted by Gasteiger charge is 2.30. The van der Waals surface area contributed by atoms with Gasteiger partial charge in [-0.25, -0.2) is 18.4 Å². The Morgan fingerprint density at radius 1 is 1.13 bits per heavy atom. The minimum atomic E-state index is -4.59. The van der Waals surface area contributed by atoms with Crippen LogP contribution in [0.4, 0.5) is 18.9 Å². The van der Waals surface area contributed by atoms with Crippen molar-refractivity contribution in [2.45, 2.75) is 24.0 Å². The normalized spacial score (nSPS) is 11.9. The number of aryl methyl sites for hydroxylation is 1. The first-order chi connectivity index (χ1) is 14.5. The number of hydrogen-bond donors (Lipinski definition) is 1.